The lowest BCUT2D eigenvalue weighted by atomic mass is 10.1. The molecule has 0 unspecified atom stereocenters. The Kier molecular flexibility index (Phi) is 7.80. The van der Waals surface area contributed by atoms with Crippen LogP contribution in [0.15, 0.2) is 48.5 Å². The number of carbonyl (C=O) groups excluding carboxylic acids is 2. The molecule has 0 bridgehead atoms. The molecular weight excluding hydrogens is 404 g/mol. The largest absolute Gasteiger partial charge is 0.338 e. The topological polar surface area (TPSA) is 66.6 Å². The fraction of sp³-hybridized carbons (Fsp3) is 0.300. The van der Waals surface area contributed by atoms with Crippen molar-refractivity contribution >= 4 is 35.8 Å². The number of hydrogen-bond acceptors (Lipinski definition) is 3. The SMILES string of the molecule is Cl.N[C@@H](Cc1ccccc1)C(=O)N1CCN(C(=O)c2ccc(F)cc2Cl)CC1. The Hall–Kier alpha value is -2.15. The predicted octanol–water partition coefficient (Wildman–Crippen LogP) is 2.76. The molecule has 1 fully saturated rings. The van der Waals surface area contributed by atoms with Gasteiger partial charge in [-0.15, -0.1) is 12.4 Å². The molecule has 0 radical (unpaired) electrons. The molecule has 1 aliphatic heterocycles. The van der Waals surface area contributed by atoms with Gasteiger partial charge in [0.2, 0.25) is 5.91 Å². The van der Waals surface area contributed by atoms with Crippen molar-refractivity contribution in [1.82, 2.24) is 9.80 Å². The van der Waals surface area contributed by atoms with Gasteiger partial charge in [0.1, 0.15) is 5.82 Å². The van der Waals surface area contributed by atoms with Crippen LogP contribution in [-0.2, 0) is 11.2 Å². The Morgan fingerprint density at radius 2 is 1.64 bits per heavy atom. The maximum atomic E-state index is 13.2. The molecule has 0 saturated carbocycles. The van der Waals surface area contributed by atoms with E-state index in [1.807, 2.05) is 30.3 Å². The van der Waals surface area contributed by atoms with E-state index < -0.39 is 11.9 Å². The Balaban J connectivity index is 0.00000280. The first kappa shape index (κ1) is 22.1. The van der Waals surface area contributed by atoms with Crippen LogP contribution in [0, 0.1) is 5.82 Å². The fourth-order valence-corrected chi connectivity index (χ4v) is 3.40. The molecule has 0 aliphatic carbocycles. The average molecular weight is 426 g/mol. The smallest absolute Gasteiger partial charge is 0.255 e. The van der Waals surface area contributed by atoms with E-state index in [-0.39, 0.29) is 34.8 Å². The number of nitrogens with zero attached hydrogens (tertiary/aromatic N) is 2. The lowest BCUT2D eigenvalue weighted by Gasteiger charge is -2.36. The first-order chi connectivity index (χ1) is 13.0. The quantitative estimate of drug-likeness (QED) is 0.818. The van der Waals surface area contributed by atoms with Gasteiger partial charge in [-0.2, -0.15) is 0 Å². The molecular formula is C20H22Cl2FN3O2. The number of hydrogen-bond donors (Lipinski definition) is 1. The second-order valence-corrected chi connectivity index (χ2v) is 6.95. The molecule has 1 heterocycles. The number of rotatable bonds is 4. The molecule has 1 atom stereocenters. The van der Waals surface area contributed by atoms with Crippen molar-refractivity contribution in [2.24, 2.45) is 5.73 Å². The van der Waals surface area contributed by atoms with E-state index in [0.29, 0.717) is 32.6 Å². The maximum absolute atomic E-state index is 13.2. The van der Waals surface area contributed by atoms with Gasteiger partial charge in [0.15, 0.2) is 0 Å². The third kappa shape index (κ3) is 5.22. The van der Waals surface area contributed by atoms with Crippen LogP contribution in [0.5, 0.6) is 0 Å². The molecule has 2 amide bonds. The minimum Gasteiger partial charge on any atom is -0.338 e. The van der Waals surface area contributed by atoms with Gasteiger partial charge in [0, 0.05) is 26.2 Å². The van der Waals surface area contributed by atoms with Gasteiger partial charge in [-0.25, -0.2) is 4.39 Å². The summed E-state index contributed by atoms with van der Waals surface area (Å²) in [5.74, 6) is -0.870. The van der Waals surface area contributed by atoms with Crippen LogP contribution in [0.4, 0.5) is 4.39 Å². The molecule has 2 N–H and O–H groups in total. The summed E-state index contributed by atoms with van der Waals surface area (Å²) in [5, 5.41) is 0.0865. The number of nitrogens with two attached hydrogens (primary N) is 1. The summed E-state index contributed by atoms with van der Waals surface area (Å²) >= 11 is 5.97. The summed E-state index contributed by atoms with van der Waals surface area (Å²) in [6.07, 6.45) is 0.476. The molecule has 8 heteroatoms. The summed E-state index contributed by atoms with van der Waals surface area (Å²) in [5.41, 5.74) is 7.35. The molecule has 5 nitrogen and oxygen atoms in total. The molecule has 2 aromatic carbocycles. The maximum Gasteiger partial charge on any atom is 0.255 e. The minimum atomic E-state index is -0.610. The van der Waals surface area contributed by atoms with Gasteiger partial charge < -0.3 is 15.5 Å². The van der Waals surface area contributed by atoms with Gasteiger partial charge in [0.25, 0.3) is 5.91 Å². The zero-order chi connectivity index (χ0) is 19.4. The molecule has 1 aliphatic rings. The Bertz CT molecular complexity index is 827. The number of carbonyl (C=O) groups is 2. The van der Waals surface area contributed by atoms with Gasteiger partial charge in [-0.1, -0.05) is 41.9 Å². The van der Waals surface area contributed by atoms with E-state index >= 15 is 0 Å². The second-order valence-electron chi connectivity index (χ2n) is 6.54. The Morgan fingerprint density at radius 1 is 1.04 bits per heavy atom. The van der Waals surface area contributed by atoms with E-state index in [1.54, 1.807) is 9.80 Å². The lowest BCUT2D eigenvalue weighted by Crippen LogP contribution is -2.54. The van der Waals surface area contributed by atoms with Gasteiger partial charge >= 0.3 is 0 Å². The Morgan fingerprint density at radius 3 is 2.25 bits per heavy atom. The van der Waals surface area contributed by atoms with Crippen molar-refractivity contribution in [3.05, 3.63) is 70.5 Å². The van der Waals surface area contributed by atoms with E-state index in [0.717, 1.165) is 11.6 Å². The van der Waals surface area contributed by atoms with Crippen molar-refractivity contribution in [3.63, 3.8) is 0 Å². The predicted molar refractivity (Wildman–Crippen MR) is 109 cm³/mol. The average Bonchev–Trinajstić information content (AvgIpc) is 2.68. The molecule has 3 rings (SSSR count). The highest BCUT2D eigenvalue weighted by molar-refractivity contribution is 6.33. The van der Waals surface area contributed by atoms with E-state index in [4.69, 9.17) is 17.3 Å². The van der Waals surface area contributed by atoms with Crippen LogP contribution < -0.4 is 5.73 Å². The summed E-state index contributed by atoms with van der Waals surface area (Å²) in [6.45, 7) is 1.59. The third-order valence-corrected chi connectivity index (χ3v) is 4.97. The molecule has 150 valence electrons. The highest BCUT2D eigenvalue weighted by Crippen LogP contribution is 2.20. The van der Waals surface area contributed by atoms with Crippen LogP contribution in [0.2, 0.25) is 5.02 Å². The monoisotopic (exact) mass is 425 g/mol. The summed E-state index contributed by atoms with van der Waals surface area (Å²) in [4.78, 5) is 28.5. The van der Waals surface area contributed by atoms with Crippen molar-refractivity contribution in [3.8, 4) is 0 Å². The third-order valence-electron chi connectivity index (χ3n) is 4.66. The highest BCUT2D eigenvalue weighted by atomic mass is 35.5. The number of piperazine rings is 1. The van der Waals surface area contributed by atoms with Crippen LogP contribution in [0.25, 0.3) is 0 Å². The number of halogens is 3. The van der Waals surface area contributed by atoms with Gasteiger partial charge in [0.05, 0.1) is 16.6 Å². The zero-order valence-corrected chi connectivity index (χ0v) is 16.8. The lowest BCUT2D eigenvalue weighted by molar-refractivity contribution is -0.134. The molecule has 1 saturated heterocycles. The van der Waals surface area contributed by atoms with Crippen LogP contribution in [0.1, 0.15) is 15.9 Å². The minimum absolute atomic E-state index is 0. The standard InChI is InChI=1S/C20H21ClFN3O2.ClH/c21-17-13-15(22)6-7-16(17)19(26)24-8-10-25(11-9-24)20(27)18(23)12-14-4-2-1-3-5-14;/h1-7,13,18H,8-12,23H2;1H/t18-;/m0./s1. The van der Waals surface area contributed by atoms with Crippen LogP contribution >= 0.6 is 24.0 Å². The molecule has 0 spiro atoms. The summed E-state index contributed by atoms with van der Waals surface area (Å²) in [6, 6.07) is 12.7. The number of benzene rings is 2. The second kappa shape index (κ2) is 9.87. The first-order valence-electron chi connectivity index (χ1n) is 8.78. The summed E-state index contributed by atoms with van der Waals surface area (Å²) in [7, 11) is 0. The van der Waals surface area contributed by atoms with Crippen molar-refractivity contribution in [2.75, 3.05) is 26.2 Å². The van der Waals surface area contributed by atoms with E-state index in [9.17, 15) is 14.0 Å². The van der Waals surface area contributed by atoms with E-state index in [1.165, 1.54) is 12.1 Å². The fourth-order valence-electron chi connectivity index (χ4n) is 3.15. The normalized spacial score (nSPS) is 15.0. The number of amides is 2. The molecule has 28 heavy (non-hydrogen) atoms. The van der Waals surface area contributed by atoms with Crippen molar-refractivity contribution < 1.29 is 14.0 Å². The highest BCUT2D eigenvalue weighted by Gasteiger charge is 2.28. The Labute approximate surface area is 174 Å². The van der Waals surface area contributed by atoms with Gasteiger partial charge in [-0.3, -0.25) is 9.59 Å². The van der Waals surface area contributed by atoms with Crippen molar-refractivity contribution in [2.45, 2.75) is 12.5 Å². The zero-order valence-electron chi connectivity index (χ0n) is 15.2. The summed E-state index contributed by atoms with van der Waals surface area (Å²) < 4.78 is 13.2. The first-order valence-corrected chi connectivity index (χ1v) is 9.16. The van der Waals surface area contributed by atoms with Gasteiger partial charge in [-0.05, 0) is 30.2 Å². The van der Waals surface area contributed by atoms with E-state index in [2.05, 4.69) is 0 Å². The molecule has 2 aromatic rings. The van der Waals surface area contributed by atoms with Crippen LogP contribution in [0.3, 0.4) is 0 Å². The molecule has 0 aromatic heterocycles. The van der Waals surface area contributed by atoms with Crippen molar-refractivity contribution in [1.29, 1.82) is 0 Å². The van der Waals surface area contributed by atoms with Crippen LogP contribution in [-0.4, -0.2) is 53.8 Å².